The van der Waals surface area contributed by atoms with Crippen molar-refractivity contribution in [3.63, 3.8) is 0 Å². The number of allylic oxidation sites excluding steroid dienone is 1. The van der Waals surface area contributed by atoms with Gasteiger partial charge in [-0.3, -0.25) is 0 Å². The number of aliphatic hydroxyl groups is 3. The summed E-state index contributed by atoms with van der Waals surface area (Å²) in [6, 6.07) is 0. The van der Waals surface area contributed by atoms with Crippen LogP contribution in [0.5, 0.6) is 0 Å². The number of fused-ring (bicyclic) bond motifs is 5. The Hall–Kier alpha value is -1.15. The fourth-order valence-electron chi connectivity index (χ4n) is 10.1. The Bertz CT molecular complexity index is 949. The van der Waals surface area contributed by atoms with E-state index in [4.69, 9.17) is 14.2 Å². The summed E-state index contributed by atoms with van der Waals surface area (Å²) in [5, 5.41) is 29.6. The van der Waals surface area contributed by atoms with Gasteiger partial charge in [-0.2, -0.15) is 0 Å². The van der Waals surface area contributed by atoms with Gasteiger partial charge in [-0.1, -0.05) is 65.5 Å². The van der Waals surface area contributed by atoms with Crippen LogP contribution in [-0.2, 0) is 14.2 Å². The average Bonchev–Trinajstić information content (AvgIpc) is 3.27. The van der Waals surface area contributed by atoms with Crippen molar-refractivity contribution in [2.24, 2.45) is 46.3 Å². The first-order chi connectivity index (χ1) is 19.4. The van der Waals surface area contributed by atoms with E-state index >= 15 is 0 Å². The topological polar surface area (TPSA) is 105 Å². The number of hydrogen-bond acceptors (Lipinski definition) is 7. The Morgan fingerprint density at radius 3 is 2.59 bits per heavy atom. The van der Waals surface area contributed by atoms with Crippen LogP contribution >= 0.6 is 0 Å². The SMILES string of the molecule is CC(C)CCC[C@H](C)[C@@H]1CC[C@@H]2[C@H]3CC=C4C[C@H](OC(=O)OCC5OC(O)CC(O)C5O)CC[C@@]4(C)[C@@H]3CC[C@]21C. The van der Waals surface area contributed by atoms with Crippen molar-refractivity contribution in [3.8, 4) is 0 Å². The van der Waals surface area contributed by atoms with Gasteiger partial charge in [-0.05, 0) is 91.3 Å². The summed E-state index contributed by atoms with van der Waals surface area (Å²) in [5.74, 6) is 4.79. The number of aliphatic hydroxyl groups excluding tert-OH is 3. The molecule has 41 heavy (non-hydrogen) atoms. The molecular formula is C34H56O7. The third kappa shape index (κ3) is 6.25. The molecule has 3 N–H and O–H groups in total. The molecule has 234 valence electrons. The summed E-state index contributed by atoms with van der Waals surface area (Å²) in [4.78, 5) is 12.5. The predicted molar refractivity (Wildman–Crippen MR) is 157 cm³/mol. The van der Waals surface area contributed by atoms with Gasteiger partial charge in [0.2, 0.25) is 0 Å². The lowest BCUT2D eigenvalue weighted by molar-refractivity contribution is -0.240. The number of rotatable bonds is 8. The molecule has 0 aromatic heterocycles. The zero-order valence-electron chi connectivity index (χ0n) is 26.1. The van der Waals surface area contributed by atoms with Crippen LogP contribution in [0, 0.1) is 46.3 Å². The van der Waals surface area contributed by atoms with Crippen molar-refractivity contribution in [1.82, 2.24) is 0 Å². The van der Waals surface area contributed by atoms with Crippen LogP contribution in [0.1, 0.15) is 112 Å². The molecule has 4 aliphatic carbocycles. The van der Waals surface area contributed by atoms with Crippen molar-refractivity contribution < 1.29 is 34.3 Å². The van der Waals surface area contributed by atoms with E-state index in [-0.39, 0.29) is 24.5 Å². The molecule has 4 unspecified atom stereocenters. The molecule has 7 nitrogen and oxygen atoms in total. The van der Waals surface area contributed by atoms with Crippen molar-refractivity contribution in [2.75, 3.05) is 6.61 Å². The molecule has 0 radical (unpaired) electrons. The normalized spacial score (nSPS) is 44.8. The number of hydrogen-bond donors (Lipinski definition) is 3. The minimum atomic E-state index is -1.22. The van der Waals surface area contributed by atoms with Gasteiger partial charge < -0.3 is 29.5 Å². The molecular weight excluding hydrogens is 520 g/mol. The van der Waals surface area contributed by atoms with E-state index in [1.807, 2.05) is 0 Å². The third-order valence-corrected chi connectivity index (χ3v) is 12.4. The van der Waals surface area contributed by atoms with E-state index in [1.165, 1.54) is 50.5 Å². The van der Waals surface area contributed by atoms with Crippen molar-refractivity contribution in [1.29, 1.82) is 0 Å². The monoisotopic (exact) mass is 576 g/mol. The van der Waals surface area contributed by atoms with Crippen LogP contribution in [0.2, 0.25) is 0 Å². The second kappa shape index (κ2) is 12.5. The van der Waals surface area contributed by atoms with Gasteiger partial charge in [-0.25, -0.2) is 4.79 Å². The van der Waals surface area contributed by atoms with Crippen molar-refractivity contribution >= 4 is 6.16 Å². The quantitative estimate of drug-likeness (QED) is 0.227. The first-order valence-electron chi connectivity index (χ1n) is 16.6. The molecule has 3 saturated carbocycles. The summed E-state index contributed by atoms with van der Waals surface area (Å²) in [6.07, 6.45) is 10.2. The van der Waals surface area contributed by atoms with E-state index in [0.29, 0.717) is 11.3 Å². The molecule has 7 heteroatoms. The lowest BCUT2D eigenvalue weighted by atomic mass is 9.47. The lowest BCUT2D eigenvalue weighted by Crippen LogP contribution is -2.51. The summed E-state index contributed by atoms with van der Waals surface area (Å²) < 4.78 is 16.2. The standard InChI is InChI=1S/C34H56O7/c1-20(2)7-6-8-21(3)25-11-12-26-24-10-9-22-17-23(13-15-33(22,4)27(24)14-16-34(25,26)5)40-32(38)39-19-29-31(37)28(35)18-30(36)41-29/h9,20-21,23-31,35-37H,6-8,10-19H2,1-5H3/t21-,23+,24+,25-,26+,27+,28?,29?,30?,31?,33+,34-/m0/s1. The molecule has 0 aromatic rings. The van der Waals surface area contributed by atoms with Crippen LogP contribution in [0.4, 0.5) is 4.79 Å². The average molecular weight is 577 g/mol. The van der Waals surface area contributed by atoms with E-state index in [9.17, 15) is 20.1 Å². The Labute approximate surface area is 247 Å². The Balaban J connectivity index is 1.16. The smallest absolute Gasteiger partial charge is 0.431 e. The van der Waals surface area contributed by atoms with Gasteiger partial charge in [0.1, 0.15) is 24.9 Å². The second-order valence-electron chi connectivity index (χ2n) is 15.3. The fraction of sp³-hybridized carbons (Fsp3) is 0.912. The maximum absolute atomic E-state index is 12.5. The highest BCUT2D eigenvalue weighted by molar-refractivity contribution is 5.60. The highest BCUT2D eigenvalue weighted by atomic mass is 16.7. The molecule has 1 saturated heterocycles. The molecule has 5 rings (SSSR count). The molecule has 0 amide bonds. The largest absolute Gasteiger partial charge is 0.508 e. The van der Waals surface area contributed by atoms with Gasteiger partial charge in [-0.15, -0.1) is 0 Å². The van der Waals surface area contributed by atoms with E-state index in [2.05, 4.69) is 40.7 Å². The van der Waals surface area contributed by atoms with Gasteiger partial charge in [0.25, 0.3) is 0 Å². The maximum atomic E-state index is 12.5. The van der Waals surface area contributed by atoms with Crippen LogP contribution in [0.3, 0.4) is 0 Å². The molecule has 4 fully saturated rings. The highest BCUT2D eigenvalue weighted by Gasteiger charge is 2.59. The molecule has 1 aliphatic heterocycles. The van der Waals surface area contributed by atoms with Crippen LogP contribution in [0.15, 0.2) is 11.6 Å². The maximum Gasteiger partial charge on any atom is 0.508 e. The molecule has 0 bridgehead atoms. The molecule has 5 aliphatic rings. The van der Waals surface area contributed by atoms with Gasteiger partial charge in [0.15, 0.2) is 6.29 Å². The lowest BCUT2D eigenvalue weighted by Gasteiger charge is -2.58. The number of carbonyl (C=O) groups is 1. The fourth-order valence-corrected chi connectivity index (χ4v) is 10.1. The zero-order valence-corrected chi connectivity index (χ0v) is 26.1. The van der Waals surface area contributed by atoms with Crippen LogP contribution < -0.4 is 0 Å². The molecule has 0 spiro atoms. The molecule has 0 aromatic carbocycles. The summed E-state index contributed by atoms with van der Waals surface area (Å²) in [6.45, 7) is 12.1. The Morgan fingerprint density at radius 2 is 1.83 bits per heavy atom. The molecule has 1 heterocycles. The Kier molecular flexibility index (Phi) is 9.50. The van der Waals surface area contributed by atoms with Gasteiger partial charge in [0, 0.05) is 12.8 Å². The summed E-state index contributed by atoms with van der Waals surface area (Å²) >= 11 is 0. The van der Waals surface area contributed by atoms with Gasteiger partial charge in [0.05, 0.1) is 6.10 Å². The number of carbonyl (C=O) groups excluding carboxylic acids is 1. The number of ether oxygens (including phenoxy) is 3. The van der Waals surface area contributed by atoms with E-state index in [0.717, 1.165) is 55.3 Å². The molecule has 12 atom stereocenters. The minimum absolute atomic E-state index is 0.0714. The van der Waals surface area contributed by atoms with Crippen LogP contribution in [0.25, 0.3) is 0 Å². The minimum Gasteiger partial charge on any atom is -0.431 e. The second-order valence-corrected chi connectivity index (χ2v) is 15.3. The summed E-state index contributed by atoms with van der Waals surface area (Å²) in [5.41, 5.74) is 2.12. The predicted octanol–water partition coefficient (Wildman–Crippen LogP) is 6.38. The van der Waals surface area contributed by atoms with Crippen LogP contribution in [-0.4, -0.2) is 58.8 Å². The third-order valence-electron chi connectivity index (χ3n) is 12.4. The zero-order chi connectivity index (χ0) is 29.5. The first kappa shape index (κ1) is 31.3. The van der Waals surface area contributed by atoms with E-state index in [1.54, 1.807) is 0 Å². The first-order valence-corrected chi connectivity index (χ1v) is 16.6. The Morgan fingerprint density at radius 1 is 1.05 bits per heavy atom. The highest BCUT2D eigenvalue weighted by Crippen LogP contribution is 2.67. The van der Waals surface area contributed by atoms with E-state index < -0.39 is 30.8 Å². The van der Waals surface area contributed by atoms with Crippen molar-refractivity contribution in [2.45, 2.75) is 142 Å². The van der Waals surface area contributed by atoms with Gasteiger partial charge >= 0.3 is 6.16 Å². The van der Waals surface area contributed by atoms with Crippen molar-refractivity contribution in [3.05, 3.63) is 11.6 Å². The summed E-state index contributed by atoms with van der Waals surface area (Å²) in [7, 11) is 0.